The Kier molecular flexibility index (Phi) is 8.46. The zero-order chi connectivity index (χ0) is 27.5. The third-order valence-electron chi connectivity index (χ3n) is 5.99. The molecule has 0 aliphatic carbocycles. The van der Waals surface area contributed by atoms with Gasteiger partial charge in [0.05, 0.1) is 44.4 Å². The summed E-state index contributed by atoms with van der Waals surface area (Å²) in [6.07, 6.45) is 0. The average Bonchev–Trinajstić information content (AvgIpc) is 3.15. The van der Waals surface area contributed by atoms with E-state index in [0.29, 0.717) is 22.8 Å². The quantitative estimate of drug-likeness (QED) is 0.276. The monoisotopic (exact) mass is 534 g/mol. The van der Waals surface area contributed by atoms with Gasteiger partial charge in [0.1, 0.15) is 5.76 Å². The first-order chi connectivity index (χ1) is 17.5. The Balaban J connectivity index is 2.23. The zero-order valence-corrected chi connectivity index (χ0v) is 22.3. The number of Topliss-reactive ketones (excluding diaryl/α,β-unsaturated/α-hetero) is 1. The largest absolute Gasteiger partial charge is 0.507 e. The lowest BCUT2D eigenvalue weighted by Gasteiger charge is -2.26. The van der Waals surface area contributed by atoms with Gasteiger partial charge in [0, 0.05) is 33.3 Å². The number of hydrogen-bond donors (Lipinski definition) is 1. The predicted molar refractivity (Wildman–Crippen MR) is 134 cm³/mol. The molecule has 12 heteroatoms. The van der Waals surface area contributed by atoms with Crippen LogP contribution >= 0.6 is 0 Å². The minimum atomic E-state index is -3.70. The molecule has 0 radical (unpaired) electrons. The van der Waals surface area contributed by atoms with Crippen molar-refractivity contribution in [1.29, 1.82) is 0 Å². The second-order valence-corrected chi connectivity index (χ2v) is 10.4. The molecule has 200 valence electrons. The molecule has 2 aromatic rings. The van der Waals surface area contributed by atoms with Gasteiger partial charge in [0.2, 0.25) is 15.8 Å². The average molecular weight is 535 g/mol. The van der Waals surface area contributed by atoms with E-state index in [9.17, 15) is 23.1 Å². The summed E-state index contributed by atoms with van der Waals surface area (Å²) >= 11 is 0. The van der Waals surface area contributed by atoms with Crippen molar-refractivity contribution in [2.45, 2.75) is 10.9 Å². The number of hydrogen-bond acceptors (Lipinski definition) is 9. The number of rotatable bonds is 10. The van der Waals surface area contributed by atoms with Crippen LogP contribution in [0.2, 0.25) is 0 Å². The van der Waals surface area contributed by atoms with Crippen LogP contribution in [-0.4, -0.2) is 90.1 Å². The number of benzene rings is 2. The van der Waals surface area contributed by atoms with Gasteiger partial charge >= 0.3 is 0 Å². The van der Waals surface area contributed by atoms with Crippen LogP contribution in [-0.2, 0) is 24.3 Å². The molecule has 1 fully saturated rings. The minimum absolute atomic E-state index is 0.00998. The summed E-state index contributed by atoms with van der Waals surface area (Å²) in [5.74, 6) is -1.24. The van der Waals surface area contributed by atoms with Crippen molar-refractivity contribution in [3.8, 4) is 17.2 Å². The van der Waals surface area contributed by atoms with E-state index >= 15 is 0 Å². The molecule has 1 aliphatic heterocycles. The maximum atomic E-state index is 13.2. The van der Waals surface area contributed by atoms with Crippen molar-refractivity contribution in [2.75, 3.05) is 55.7 Å². The Hall–Kier alpha value is -3.61. The van der Waals surface area contributed by atoms with E-state index in [1.54, 1.807) is 12.1 Å². The highest BCUT2D eigenvalue weighted by Gasteiger charge is 2.46. The van der Waals surface area contributed by atoms with Crippen molar-refractivity contribution >= 4 is 27.5 Å². The maximum Gasteiger partial charge on any atom is 0.295 e. The van der Waals surface area contributed by atoms with Crippen molar-refractivity contribution in [1.82, 2.24) is 9.21 Å². The van der Waals surface area contributed by atoms with Crippen molar-refractivity contribution in [3.63, 3.8) is 0 Å². The molecule has 1 N–H and O–H groups in total. The summed E-state index contributed by atoms with van der Waals surface area (Å²) in [5, 5.41) is 11.2. The summed E-state index contributed by atoms with van der Waals surface area (Å²) in [6.45, 7) is 0.213. The Morgan fingerprint density at radius 1 is 0.973 bits per heavy atom. The van der Waals surface area contributed by atoms with Crippen LogP contribution in [0.1, 0.15) is 17.2 Å². The number of ketones is 1. The molecule has 0 aromatic heterocycles. The molecular formula is C25H30N2O9S. The van der Waals surface area contributed by atoms with Gasteiger partial charge in [0.15, 0.2) is 11.5 Å². The number of aliphatic hydroxyl groups is 1. The molecule has 1 aliphatic rings. The third kappa shape index (κ3) is 5.13. The molecule has 0 unspecified atom stereocenters. The molecule has 1 saturated heterocycles. The number of amides is 1. The number of sulfonamides is 1. The Morgan fingerprint density at radius 3 is 2.00 bits per heavy atom. The lowest BCUT2D eigenvalue weighted by Crippen LogP contribution is -2.32. The van der Waals surface area contributed by atoms with Crippen LogP contribution in [0.3, 0.4) is 0 Å². The summed E-state index contributed by atoms with van der Waals surface area (Å²) < 4.78 is 47.3. The van der Waals surface area contributed by atoms with E-state index < -0.39 is 33.5 Å². The predicted octanol–water partition coefficient (Wildman–Crippen LogP) is 2.03. The van der Waals surface area contributed by atoms with Crippen LogP contribution in [0, 0.1) is 0 Å². The molecular weight excluding hydrogens is 504 g/mol. The molecule has 2 aromatic carbocycles. The van der Waals surface area contributed by atoms with Gasteiger partial charge in [-0.25, -0.2) is 12.7 Å². The highest BCUT2D eigenvalue weighted by Crippen LogP contribution is 2.45. The summed E-state index contributed by atoms with van der Waals surface area (Å²) in [7, 11) is 4.90. The summed E-state index contributed by atoms with van der Waals surface area (Å²) in [4.78, 5) is 27.5. The van der Waals surface area contributed by atoms with Crippen LogP contribution < -0.4 is 14.2 Å². The first-order valence-electron chi connectivity index (χ1n) is 11.1. The Bertz CT molecular complexity index is 1290. The fourth-order valence-electron chi connectivity index (χ4n) is 4.06. The van der Waals surface area contributed by atoms with Crippen LogP contribution in [0.15, 0.2) is 46.9 Å². The van der Waals surface area contributed by atoms with E-state index in [0.717, 1.165) is 4.31 Å². The lowest BCUT2D eigenvalue weighted by atomic mass is 9.94. The van der Waals surface area contributed by atoms with Crippen LogP contribution in [0.4, 0.5) is 0 Å². The van der Waals surface area contributed by atoms with Gasteiger partial charge in [-0.3, -0.25) is 9.59 Å². The maximum absolute atomic E-state index is 13.2. The third-order valence-corrected chi connectivity index (χ3v) is 7.81. The van der Waals surface area contributed by atoms with E-state index in [1.807, 2.05) is 0 Å². The second kappa shape index (κ2) is 11.2. The van der Waals surface area contributed by atoms with Gasteiger partial charge in [-0.1, -0.05) is 0 Å². The van der Waals surface area contributed by atoms with Gasteiger partial charge in [-0.2, -0.15) is 0 Å². The van der Waals surface area contributed by atoms with Crippen LogP contribution in [0.5, 0.6) is 17.2 Å². The van der Waals surface area contributed by atoms with Gasteiger partial charge in [0.25, 0.3) is 11.7 Å². The normalized spacial score (nSPS) is 17.4. The molecule has 3 rings (SSSR count). The van der Waals surface area contributed by atoms with E-state index in [2.05, 4.69) is 0 Å². The SMILES string of the molecule is COCCN1C(=O)C(=O)C(=C(O)c2ccc(S(=O)(=O)N(C)C)cc2)[C@@H]1c1cc(OC)c(OC)c(OC)c1. The number of likely N-dealkylation sites (tertiary alicyclic amines) is 1. The molecule has 1 heterocycles. The smallest absolute Gasteiger partial charge is 0.295 e. The second-order valence-electron chi connectivity index (χ2n) is 8.26. The Labute approximate surface area is 215 Å². The first-order valence-corrected chi connectivity index (χ1v) is 12.6. The summed E-state index contributed by atoms with van der Waals surface area (Å²) in [5.41, 5.74) is 0.427. The molecule has 1 amide bonds. The van der Waals surface area contributed by atoms with Crippen molar-refractivity contribution in [3.05, 3.63) is 53.1 Å². The van der Waals surface area contributed by atoms with Crippen molar-refractivity contribution in [2.24, 2.45) is 0 Å². The standard InChI is InChI=1S/C25H30N2O9S/c1-26(2)37(31,32)17-9-7-15(8-10-17)22(28)20-21(27(11-12-33-3)25(30)23(20)29)16-13-18(34-4)24(36-6)19(14-16)35-5/h7-10,13-14,21,28H,11-12H2,1-6H3/t21-/m0/s1. The molecule has 1 atom stereocenters. The van der Waals surface area contributed by atoms with E-state index in [4.69, 9.17) is 18.9 Å². The fraction of sp³-hybridized carbons (Fsp3) is 0.360. The van der Waals surface area contributed by atoms with Gasteiger partial charge in [-0.05, 0) is 42.0 Å². The molecule has 37 heavy (non-hydrogen) atoms. The topological polar surface area (TPSA) is 132 Å². The minimum Gasteiger partial charge on any atom is -0.507 e. The fourth-order valence-corrected chi connectivity index (χ4v) is 4.96. The number of nitrogens with zero attached hydrogens (tertiary/aromatic N) is 2. The Morgan fingerprint density at radius 2 is 1.54 bits per heavy atom. The van der Waals surface area contributed by atoms with Crippen LogP contribution in [0.25, 0.3) is 5.76 Å². The van der Waals surface area contributed by atoms with E-state index in [-0.39, 0.29) is 29.2 Å². The highest BCUT2D eigenvalue weighted by atomic mass is 32.2. The molecule has 0 spiro atoms. The first kappa shape index (κ1) is 28.0. The molecule has 11 nitrogen and oxygen atoms in total. The zero-order valence-electron chi connectivity index (χ0n) is 21.5. The molecule has 0 saturated carbocycles. The van der Waals surface area contributed by atoms with Gasteiger partial charge < -0.3 is 29.0 Å². The number of carbonyl (C=O) groups is 2. The van der Waals surface area contributed by atoms with E-state index in [1.165, 1.54) is 71.7 Å². The lowest BCUT2D eigenvalue weighted by molar-refractivity contribution is -0.140. The number of aliphatic hydroxyl groups excluding tert-OH is 1. The highest BCUT2D eigenvalue weighted by molar-refractivity contribution is 7.89. The number of methoxy groups -OCH3 is 4. The number of ether oxygens (including phenoxy) is 4. The number of carbonyl (C=O) groups excluding carboxylic acids is 2. The summed E-state index contributed by atoms with van der Waals surface area (Å²) in [6, 6.07) is 7.57. The van der Waals surface area contributed by atoms with Crippen molar-refractivity contribution < 1.29 is 42.1 Å². The molecule has 0 bridgehead atoms. The van der Waals surface area contributed by atoms with Gasteiger partial charge in [-0.15, -0.1) is 0 Å².